The average molecular weight is 283 g/mol. The molecule has 1 atom stereocenters. The number of carbonyl (C=O) groups is 2. The molecule has 1 saturated carbocycles. The number of ether oxygens (including phenoxy) is 1. The highest BCUT2D eigenvalue weighted by Crippen LogP contribution is 2.39. The highest BCUT2D eigenvalue weighted by Gasteiger charge is 2.41. The summed E-state index contributed by atoms with van der Waals surface area (Å²) in [5.74, 6) is -0.968. The van der Waals surface area contributed by atoms with Crippen LogP contribution in [0.15, 0.2) is 0 Å². The molecule has 5 nitrogen and oxygen atoms in total. The van der Waals surface area contributed by atoms with Crippen LogP contribution in [0, 0.1) is 5.41 Å². The van der Waals surface area contributed by atoms with Crippen molar-refractivity contribution in [1.29, 1.82) is 0 Å². The van der Waals surface area contributed by atoms with Crippen LogP contribution in [-0.2, 0) is 14.3 Å². The van der Waals surface area contributed by atoms with E-state index in [4.69, 9.17) is 4.74 Å². The third kappa shape index (κ3) is 3.95. The first-order valence-corrected chi connectivity index (χ1v) is 7.74. The molecule has 0 radical (unpaired) electrons. The Morgan fingerprint density at radius 1 is 1.15 bits per heavy atom. The Labute approximate surface area is 120 Å². The van der Waals surface area contributed by atoms with Crippen LogP contribution in [-0.4, -0.2) is 36.2 Å². The average Bonchev–Trinajstić information content (AvgIpc) is 2.47. The molecule has 1 unspecified atom stereocenters. The first-order chi connectivity index (χ1) is 9.62. The number of hydrogen-bond donors (Lipinski definition) is 2. The monoisotopic (exact) mass is 283 g/mol. The quantitative estimate of drug-likeness (QED) is 0.810. The van der Waals surface area contributed by atoms with Gasteiger partial charge in [-0.05, 0) is 32.1 Å². The lowest BCUT2D eigenvalue weighted by Gasteiger charge is -2.32. The van der Waals surface area contributed by atoms with Gasteiger partial charge in [0.2, 0.25) is 5.91 Å². The molecule has 5 heteroatoms. The number of rotatable bonds is 5. The predicted molar refractivity (Wildman–Crippen MR) is 74.4 cm³/mol. The molecular formula is C15H25NO4. The van der Waals surface area contributed by atoms with E-state index >= 15 is 0 Å². The maximum Gasteiger partial charge on any atom is 0.310 e. The molecule has 2 N–H and O–H groups in total. The van der Waals surface area contributed by atoms with Gasteiger partial charge in [0.05, 0.1) is 11.5 Å². The van der Waals surface area contributed by atoms with Gasteiger partial charge in [0, 0.05) is 19.6 Å². The van der Waals surface area contributed by atoms with Crippen LogP contribution in [0.2, 0.25) is 0 Å². The van der Waals surface area contributed by atoms with Crippen LogP contribution in [0.5, 0.6) is 0 Å². The molecule has 0 aromatic rings. The van der Waals surface area contributed by atoms with Gasteiger partial charge in [-0.2, -0.15) is 0 Å². The molecule has 0 spiro atoms. The van der Waals surface area contributed by atoms with Crippen molar-refractivity contribution < 1.29 is 19.4 Å². The zero-order valence-corrected chi connectivity index (χ0v) is 12.0. The number of nitrogens with one attached hydrogen (secondary N) is 1. The fraction of sp³-hybridized carbons (Fsp3) is 0.867. The van der Waals surface area contributed by atoms with E-state index in [1.54, 1.807) is 0 Å². The van der Waals surface area contributed by atoms with Gasteiger partial charge in [-0.25, -0.2) is 0 Å². The summed E-state index contributed by atoms with van der Waals surface area (Å²) in [4.78, 5) is 23.5. The fourth-order valence-electron chi connectivity index (χ4n) is 3.26. The van der Waals surface area contributed by atoms with E-state index in [0.717, 1.165) is 45.1 Å². The summed E-state index contributed by atoms with van der Waals surface area (Å²) >= 11 is 0. The first-order valence-electron chi connectivity index (χ1n) is 7.74. The second-order valence-electron chi connectivity index (χ2n) is 6.12. The smallest absolute Gasteiger partial charge is 0.310 e. The largest absolute Gasteiger partial charge is 0.481 e. The Kier molecular flexibility index (Phi) is 5.40. The van der Waals surface area contributed by atoms with Crippen molar-refractivity contribution in [3.05, 3.63) is 0 Å². The Bertz CT molecular complexity index is 344. The Morgan fingerprint density at radius 2 is 1.90 bits per heavy atom. The summed E-state index contributed by atoms with van der Waals surface area (Å²) in [6.07, 6.45) is 7.54. The molecular weight excluding hydrogens is 258 g/mol. The molecule has 1 heterocycles. The summed E-state index contributed by atoms with van der Waals surface area (Å²) in [5.41, 5.74) is -0.838. The maximum absolute atomic E-state index is 12.0. The van der Waals surface area contributed by atoms with Crippen LogP contribution < -0.4 is 5.32 Å². The molecule has 114 valence electrons. The molecule has 1 aliphatic carbocycles. The van der Waals surface area contributed by atoms with E-state index in [-0.39, 0.29) is 18.4 Å². The van der Waals surface area contributed by atoms with Crippen molar-refractivity contribution in [3.63, 3.8) is 0 Å². The molecule has 1 saturated heterocycles. The second-order valence-corrected chi connectivity index (χ2v) is 6.12. The number of hydrogen-bond acceptors (Lipinski definition) is 3. The highest BCUT2D eigenvalue weighted by atomic mass is 16.5. The summed E-state index contributed by atoms with van der Waals surface area (Å²) in [5, 5.41) is 12.3. The van der Waals surface area contributed by atoms with Crippen molar-refractivity contribution >= 4 is 11.9 Å². The minimum Gasteiger partial charge on any atom is -0.481 e. The normalized spacial score (nSPS) is 25.9. The molecule has 2 aliphatic rings. The second kappa shape index (κ2) is 7.07. The topological polar surface area (TPSA) is 75.6 Å². The van der Waals surface area contributed by atoms with E-state index in [0.29, 0.717) is 19.4 Å². The Balaban J connectivity index is 1.80. The lowest BCUT2D eigenvalue weighted by atomic mass is 9.71. The van der Waals surface area contributed by atoms with E-state index in [2.05, 4.69) is 5.32 Å². The zero-order chi connectivity index (χ0) is 14.4. The van der Waals surface area contributed by atoms with Gasteiger partial charge >= 0.3 is 5.97 Å². The van der Waals surface area contributed by atoms with E-state index in [1.165, 1.54) is 0 Å². The van der Waals surface area contributed by atoms with Crippen LogP contribution in [0.4, 0.5) is 0 Å². The molecule has 0 bridgehead atoms. The molecule has 1 aliphatic heterocycles. The van der Waals surface area contributed by atoms with Gasteiger partial charge in [0.15, 0.2) is 0 Å². The minimum atomic E-state index is -0.838. The van der Waals surface area contributed by atoms with Crippen LogP contribution in [0.25, 0.3) is 0 Å². The maximum atomic E-state index is 12.0. The number of carbonyl (C=O) groups excluding carboxylic acids is 1. The minimum absolute atomic E-state index is 0.0971. The molecule has 2 rings (SSSR count). The molecule has 1 amide bonds. The standard InChI is InChI=1S/C15H25NO4/c17-13(16-11-12-6-2-5-9-20-12)10-15(14(18)19)7-3-1-4-8-15/h12H,1-11H2,(H,16,17)(H,18,19). The van der Waals surface area contributed by atoms with Gasteiger partial charge < -0.3 is 15.2 Å². The van der Waals surface area contributed by atoms with E-state index < -0.39 is 11.4 Å². The zero-order valence-electron chi connectivity index (χ0n) is 12.0. The fourth-order valence-corrected chi connectivity index (χ4v) is 3.26. The molecule has 20 heavy (non-hydrogen) atoms. The van der Waals surface area contributed by atoms with Crippen molar-refractivity contribution in [2.75, 3.05) is 13.2 Å². The molecule has 0 aromatic carbocycles. The van der Waals surface area contributed by atoms with E-state index in [9.17, 15) is 14.7 Å². The van der Waals surface area contributed by atoms with Crippen molar-refractivity contribution in [2.24, 2.45) is 5.41 Å². The van der Waals surface area contributed by atoms with Gasteiger partial charge in [0.1, 0.15) is 0 Å². The third-order valence-corrected chi connectivity index (χ3v) is 4.56. The van der Waals surface area contributed by atoms with Gasteiger partial charge in [0.25, 0.3) is 0 Å². The number of aliphatic carboxylic acids is 1. The third-order valence-electron chi connectivity index (χ3n) is 4.56. The van der Waals surface area contributed by atoms with Crippen LogP contribution in [0.1, 0.15) is 57.8 Å². The van der Waals surface area contributed by atoms with E-state index in [1.807, 2.05) is 0 Å². The Hall–Kier alpha value is -1.10. The number of amides is 1. The molecule has 0 aromatic heterocycles. The van der Waals surface area contributed by atoms with Crippen molar-refractivity contribution in [3.8, 4) is 0 Å². The van der Waals surface area contributed by atoms with Gasteiger partial charge in [-0.1, -0.05) is 19.3 Å². The van der Waals surface area contributed by atoms with Gasteiger partial charge in [-0.3, -0.25) is 9.59 Å². The first kappa shape index (κ1) is 15.3. The summed E-state index contributed by atoms with van der Waals surface area (Å²) in [6.45, 7) is 1.27. The predicted octanol–water partition coefficient (Wildman–Crippen LogP) is 2.10. The van der Waals surface area contributed by atoms with Crippen molar-refractivity contribution in [2.45, 2.75) is 63.9 Å². The lowest BCUT2D eigenvalue weighted by Crippen LogP contribution is -2.41. The van der Waals surface area contributed by atoms with Crippen LogP contribution >= 0.6 is 0 Å². The van der Waals surface area contributed by atoms with Crippen LogP contribution in [0.3, 0.4) is 0 Å². The van der Waals surface area contributed by atoms with Crippen molar-refractivity contribution in [1.82, 2.24) is 5.32 Å². The number of carboxylic acid groups (broad SMARTS) is 1. The summed E-state index contributed by atoms with van der Waals surface area (Å²) in [7, 11) is 0. The summed E-state index contributed by atoms with van der Waals surface area (Å²) < 4.78 is 5.56. The number of carboxylic acids is 1. The Morgan fingerprint density at radius 3 is 2.50 bits per heavy atom. The van der Waals surface area contributed by atoms with Gasteiger partial charge in [-0.15, -0.1) is 0 Å². The highest BCUT2D eigenvalue weighted by molar-refractivity contribution is 5.85. The summed E-state index contributed by atoms with van der Waals surface area (Å²) in [6, 6.07) is 0. The lowest BCUT2D eigenvalue weighted by molar-refractivity contribution is -0.154. The SMILES string of the molecule is O=C(CC1(C(=O)O)CCCCC1)NCC1CCCCO1. The molecule has 2 fully saturated rings.